The lowest BCUT2D eigenvalue weighted by Gasteiger charge is -2.21. The molecule has 0 spiro atoms. The fourth-order valence-corrected chi connectivity index (χ4v) is 2.98. The molecule has 0 fully saturated rings. The van der Waals surface area contributed by atoms with Gasteiger partial charge in [-0.25, -0.2) is 4.79 Å². The summed E-state index contributed by atoms with van der Waals surface area (Å²) in [5.74, 6) is -0.603. The fourth-order valence-electron chi connectivity index (χ4n) is 2.98. The maximum atomic E-state index is 12.2. The van der Waals surface area contributed by atoms with E-state index in [1.165, 1.54) is 0 Å². The second-order valence-corrected chi connectivity index (χ2v) is 5.77. The number of anilines is 1. The maximum Gasteiger partial charge on any atom is 0.369 e. The fraction of sp³-hybridized carbons (Fsp3) is 0.190. The molecular formula is C21H19N3O2. The van der Waals surface area contributed by atoms with E-state index in [-0.39, 0.29) is 11.1 Å². The first kappa shape index (κ1) is 17.4. The summed E-state index contributed by atoms with van der Waals surface area (Å²) in [6, 6.07) is 19.0. The van der Waals surface area contributed by atoms with Gasteiger partial charge in [0.15, 0.2) is 0 Å². The van der Waals surface area contributed by atoms with Crippen LogP contribution in [0.2, 0.25) is 0 Å². The molecule has 2 aromatic rings. The Morgan fingerprint density at radius 2 is 1.73 bits per heavy atom. The second-order valence-electron chi connectivity index (χ2n) is 5.77. The minimum absolute atomic E-state index is 0.203. The molecule has 26 heavy (non-hydrogen) atoms. The molecule has 130 valence electrons. The van der Waals surface area contributed by atoms with Crippen LogP contribution in [0.15, 0.2) is 65.3 Å². The van der Waals surface area contributed by atoms with Crippen LogP contribution in [0.4, 0.5) is 5.69 Å². The van der Waals surface area contributed by atoms with Crippen molar-refractivity contribution >= 4 is 22.9 Å². The predicted octanol–water partition coefficient (Wildman–Crippen LogP) is 3.77. The highest BCUT2D eigenvalue weighted by molar-refractivity contribution is 6.33. The maximum absolute atomic E-state index is 12.2. The molecule has 0 atom stereocenters. The quantitative estimate of drug-likeness (QED) is 0.470. The Morgan fingerprint density at radius 3 is 2.31 bits per heavy atom. The summed E-state index contributed by atoms with van der Waals surface area (Å²) >= 11 is 0. The molecular weight excluding hydrogens is 326 g/mol. The van der Waals surface area contributed by atoms with Crippen molar-refractivity contribution in [2.75, 3.05) is 18.0 Å². The third-order valence-electron chi connectivity index (χ3n) is 4.35. The number of nitrogens with zero attached hydrogens (tertiary/aromatic N) is 3. The molecule has 1 heterocycles. The first-order valence-corrected chi connectivity index (χ1v) is 8.54. The number of rotatable bonds is 5. The smallest absolute Gasteiger partial charge is 0.369 e. The normalized spacial score (nSPS) is 15.1. The van der Waals surface area contributed by atoms with Crippen LogP contribution in [0.25, 0.3) is 5.57 Å². The highest BCUT2D eigenvalue weighted by Gasteiger charge is 2.31. The van der Waals surface area contributed by atoms with Gasteiger partial charge in [0.2, 0.25) is 0 Å². The number of hydrogen-bond donors (Lipinski definition) is 0. The SMILES string of the molecule is CCN(CC)c1ccc(C(C#N)=C2C(=O)ON=C2c2ccccc2)cc1. The van der Waals surface area contributed by atoms with E-state index in [4.69, 9.17) is 4.84 Å². The Kier molecular flexibility index (Phi) is 5.14. The van der Waals surface area contributed by atoms with Crippen molar-refractivity contribution in [1.82, 2.24) is 0 Å². The molecule has 1 aliphatic heterocycles. The number of hydrogen-bond acceptors (Lipinski definition) is 5. The summed E-state index contributed by atoms with van der Waals surface area (Å²) in [4.78, 5) is 19.3. The molecule has 0 aliphatic carbocycles. The lowest BCUT2D eigenvalue weighted by Crippen LogP contribution is -2.21. The zero-order chi connectivity index (χ0) is 18.5. The van der Waals surface area contributed by atoms with E-state index in [1.54, 1.807) is 0 Å². The van der Waals surface area contributed by atoms with Crippen LogP contribution in [0, 0.1) is 11.3 Å². The van der Waals surface area contributed by atoms with E-state index in [0.29, 0.717) is 11.3 Å². The molecule has 1 aliphatic rings. The predicted molar refractivity (Wildman–Crippen MR) is 102 cm³/mol. The van der Waals surface area contributed by atoms with Crippen molar-refractivity contribution in [2.45, 2.75) is 13.8 Å². The van der Waals surface area contributed by atoms with Crippen LogP contribution >= 0.6 is 0 Å². The zero-order valence-corrected chi connectivity index (χ0v) is 14.8. The Morgan fingerprint density at radius 1 is 1.08 bits per heavy atom. The Labute approximate surface area is 152 Å². The highest BCUT2D eigenvalue weighted by atomic mass is 16.7. The molecule has 0 saturated heterocycles. The van der Waals surface area contributed by atoms with E-state index in [1.807, 2.05) is 54.6 Å². The van der Waals surface area contributed by atoms with Crippen LogP contribution in [0.5, 0.6) is 0 Å². The summed E-state index contributed by atoms with van der Waals surface area (Å²) in [6.45, 7) is 5.99. The molecule has 5 heteroatoms. The average molecular weight is 345 g/mol. The molecule has 3 rings (SSSR count). The first-order valence-electron chi connectivity index (χ1n) is 8.54. The van der Waals surface area contributed by atoms with Gasteiger partial charge in [0.05, 0.1) is 5.57 Å². The molecule has 0 radical (unpaired) electrons. The van der Waals surface area contributed by atoms with Crippen LogP contribution < -0.4 is 4.90 Å². The summed E-state index contributed by atoms with van der Waals surface area (Å²) in [7, 11) is 0. The Bertz CT molecular complexity index is 903. The van der Waals surface area contributed by atoms with Gasteiger partial charge in [0.25, 0.3) is 0 Å². The van der Waals surface area contributed by atoms with Gasteiger partial charge in [-0.15, -0.1) is 0 Å². The number of allylic oxidation sites excluding steroid dienone is 1. The lowest BCUT2D eigenvalue weighted by atomic mass is 9.94. The van der Waals surface area contributed by atoms with Crippen LogP contribution in [-0.2, 0) is 9.63 Å². The van der Waals surface area contributed by atoms with Crippen LogP contribution in [0.1, 0.15) is 25.0 Å². The molecule has 0 saturated carbocycles. The van der Waals surface area contributed by atoms with Gasteiger partial charge in [0.1, 0.15) is 17.4 Å². The zero-order valence-electron chi connectivity index (χ0n) is 14.8. The third kappa shape index (κ3) is 3.22. The number of oxime groups is 1. The van der Waals surface area contributed by atoms with Gasteiger partial charge < -0.3 is 9.74 Å². The van der Waals surface area contributed by atoms with Crippen molar-refractivity contribution in [3.8, 4) is 6.07 Å². The number of benzene rings is 2. The Balaban J connectivity index is 2.05. The van der Waals surface area contributed by atoms with Gasteiger partial charge in [-0.1, -0.05) is 47.6 Å². The molecule has 0 amide bonds. The molecule has 5 nitrogen and oxygen atoms in total. The number of carbonyl (C=O) groups excluding carboxylic acids is 1. The van der Waals surface area contributed by atoms with Crippen molar-refractivity contribution in [3.63, 3.8) is 0 Å². The summed E-state index contributed by atoms with van der Waals surface area (Å²) < 4.78 is 0. The van der Waals surface area contributed by atoms with E-state index >= 15 is 0 Å². The van der Waals surface area contributed by atoms with Crippen molar-refractivity contribution in [3.05, 3.63) is 71.3 Å². The number of carbonyl (C=O) groups is 1. The number of nitriles is 1. The second kappa shape index (κ2) is 7.66. The third-order valence-corrected chi connectivity index (χ3v) is 4.35. The average Bonchev–Trinajstić information content (AvgIpc) is 3.07. The van der Waals surface area contributed by atoms with Crippen LogP contribution in [-0.4, -0.2) is 24.8 Å². The van der Waals surface area contributed by atoms with E-state index in [0.717, 1.165) is 24.3 Å². The Hall–Kier alpha value is -3.39. The molecule has 2 aromatic carbocycles. The van der Waals surface area contributed by atoms with Crippen molar-refractivity contribution in [2.24, 2.45) is 5.16 Å². The van der Waals surface area contributed by atoms with Gasteiger partial charge in [-0.3, -0.25) is 0 Å². The van der Waals surface area contributed by atoms with Crippen LogP contribution in [0.3, 0.4) is 0 Å². The highest BCUT2D eigenvalue weighted by Crippen LogP contribution is 2.28. The van der Waals surface area contributed by atoms with Gasteiger partial charge in [-0.2, -0.15) is 5.26 Å². The first-order chi connectivity index (χ1) is 12.7. The largest absolute Gasteiger partial charge is 0.372 e. The molecule has 0 unspecified atom stereocenters. The molecule has 0 bridgehead atoms. The topological polar surface area (TPSA) is 65.7 Å². The minimum atomic E-state index is -0.603. The standard InChI is InChI=1S/C21H19N3O2/c1-3-24(4-2)17-12-10-15(11-13-17)18(14-22)19-20(23-26-21(19)25)16-8-6-5-7-9-16/h5-13H,3-4H2,1-2H3. The summed E-state index contributed by atoms with van der Waals surface area (Å²) in [6.07, 6.45) is 0. The summed E-state index contributed by atoms with van der Waals surface area (Å²) in [5.41, 5.74) is 3.34. The van der Waals surface area contributed by atoms with Gasteiger partial charge in [-0.05, 0) is 31.5 Å². The molecule has 0 N–H and O–H groups in total. The molecule has 0 aromatic heterocycles. The van der Waals surface area contributed by atoms with E-state index < -0.39 is 5.97 Å². The van der Waals surface area contributed by atoms with Crippen molar-refractivity contribution < 1.29 is 9.63 Å². The van der Waals surface area contributed by atoms with E-state index in [2.05, 4.69) is 30.0 Å². The van der Waals surface area contributed by atoms with E-state index in [9.17, 15) is 10.1 Å². The monoisotopic (exact) mass is 345 g/mol. The van der Waals surface area contributed by atoms with Gasteiger partial charge in [0, 0.05) is 24.3 Å². The lowest BCUT2D eigenvalue weighted by molar-refractivity contribution is -0.136. The van der Waals surface area contributed by atoms with Crippen molar-refractivity contribution in [1.29, 1.82) is 5.26 Å². The van der Waals surface area contributed by atoms with Gasteiger partial charge >= 0.3 is 5.97 Å². The minimum Gasteiger partial charge on any atom is -0.372 e. The summed E-state index contributed by atoms with van der Waals surface area (Å²) in [5, 5.41) is 13.6.